The van der Waals surface area contributed by atoms with E-state index in [9.17, 15) is 9.59 Å². The smallest absolute Gasteiger partial charge is 0.328 e. The van der Waals surface area contributed by atoms with Crippen LogP contribution in [-0.4, -0.2) is 37.0 Å². The Morgan fingerprint density at radius 2 is 2.05 bits per heavy atom. The molecule has 118 valence electrons. The lowest BCUT2D eigenvalue weighted by molar-refractivity contribution is -0.147. The molecule has 0 rings (SSSR count). The monoisotopic (exact) mass is 296 g/mol. The third kappa shape index (κ3) is 10.2. The van der Waals surface area contributed by atoms with E-state index in [4.69, 9.17) is 16.2 Å². The number of nitrogens with two attached hydrogens (primary N) is 2. The van der Waals surface area contributed by atoms with Crippen molar-refractivity contribution in [2.45, 2.75) is 32.7 Å². The lowest BCUT2D eigenvalue weighted by Gasteiger charge is -2.15. The molecular formula is C14H24N4O3. The Morgan fingerprint density at radius 3 is 2.62 bits per heavy atom. The van der Waals surface area contributed by atoms with Gasteiger partial charge in [-0.05, 0) is 26.7 Å². The van der Waals surface area contributed by atoms with Gasteiger partial charge in [0.15, 0.2) is 5.96 Å². The van der Waals surface area contributed by atoms with Gasteiger partial charge in [-0.1, -0.05) is 18.2 Å². The molecule has 0 aromatic carbocycles. The van der Waals surface area contributed by atoms with Crippen LogP contribution in [0.5, 0.6) is 0 Å². The number of allylic oxidation sites excluding steroid dienone is 3. The zero-order valence-electron chi connectivity index (χ0n) is 12.5. The normalized spacial score (nSPS) is 12.3. The van der Waals surface area contributed by atoms with Crippen LogP contribution >= 0.6 is 0 Å². The minimum atomic E-state index is -0.707. The van der Waals surface area contributed by atoms with E-state index >= 15 is 0 Å². The van der Waals surface area contributed by atoms with E-state index in [1.165, 1.54) is 6.08 Å². The first-order chi connectivity index (χ1) is 10.0. The zero-order valence-corrected chi connectivity index (χ0v) is 12.5. The summed E-state index contributed by atoms with van der Waals surface area (Å²) >= 11 is 0. The number of guanidine groups is 1. The molecule has 0 aliphatic rings. The van der Waals surface area contributed by atoms with Gasteiger partial charge in [0.2, 0.25) is 5.91 Å². The third-order valence-electron chi connectivity index (χ3n) is 2.38. The van der Waals surface area contributed by atoms with Gasteiger partial charge in [-0.15, -0.1) is 0 Å². The van der Waals surface area contributed by atoms with Crippen LogP contribution in [0.4, 0.5) is 0 Å². The highest BCUT2D eigenvalue weighted by atomic mass is 16.5. The van der Waals surface area contributed by atoms with Crippen molar-refractivity contribution in [3.8, 4) is 0 Å². The van der Waals surface area contributed by atoms with Crippen LogP contribution in [0.2, 0.25) is 0 Å². The minimum absolute atomic E-state index is 0.000932. The summed E-state index contributed by atoms with van der Waals surface area (Å²) in [6.45, 7) is 4.20. The molecular weight excluding hydrogens is 272 g/mol. The molecule has 0 aliphatic carbocycles. The Labute approximate surface area is 125 Å². The molecule has 0 aliphatic heterocycles. The number of esters is 1. The summed E-state index contributed by atoms with van der Waals surface area (Å²) in [7, 11) is 0. The molecule has 0 fully saturated rings. The van der Waals surface area contributed by atoms with E-state index in [1.807, 2.05) is 6.92 Å². The number of hydrogen-bond acceptors (Lipinski definition) is 4. The third-order valence-corrected chi connectivity index (χ3v) is 2.38. The summed E-state index contributed by atoms with van der Waals surface area (Å²) < 4.78 is 4.93. The number of carbonyl (C=O) groups is 2. The number of carbonyl (C=O) groups excluding carboxylic acids is 2. The summed E-state index contributed by atoms with van der Waals surface area (Å²) in [6, 6.07) is -0.707. The van der Waals surface area contributed by atoms with Crippen molar-refractivity contribution in [3.63, 3.8) is 0 Å². The molecule has 0 aromatic heterocycles. The van der Waals surface area contributed by atoms with Gasteiger partial charge >= 0.3 is 5.97 Å². The fourth-order valence-electron chi connectivity index (χ4n) is 1.47. The highest BCUT2D eigenvalue weighted by Gasteiger charge is 2.20. The Morgan fingerprint density at radius 1 is 1.33 bits per heavy atom. The second-order valence-electron chi connectivity index (χ2n) is 4.15. The van der Waals surface area contributed by atoms with Crippen LogP contribution in [-0.2, 0) is 14.3 Å². The summed E-state index contributed by atoms with van der Waals surface area (Å²) in [6.07, 6.45) is 7.41. The van der Waals surface area contributed by atoms with E-state index in [-0.39, 0.29) is 18.5 Å². The van der Waals surface area contributed by atoms with Crippen molar-refractivity contribution < 1.29 is 14.3 Å². The number of aliphatic imine (C=N–C) groups is 1. The van der Waals surface area contributed by atoms with Gasteiger partial charge in [0.1, 0.15) is 6.04 Å². The van der Waals surface area contributed by atoms with Crippen molar-refractivity contribution in [2.24, 2.45) is 16.5 Å². The van der Waals surface area contributed by atoms with Gasteiger partial charge < -0.3 is 21.5 Å². The summed E-state index contributed by atoms with van der Waals surface area (Å²) in [4.78, 5) is 27.3. The quantitative estimate of drug-likeness (QED) is 0.140. The Balaban J connectivity index is 4.48. The predicted octanol–water partition coefficient (Wildman–Crippen LogP) is 0.220. The Kier molecular flexibility index (Phi) is 10.2. The molecule has 0 bridgehead atoms. The zero-order chi connectivity index (χ0) is 16.1. The SMILES string of the molecule is C/C=C/C=C/C(=O)N[C@H](CCCN=C(N)N)C(=O)OCC. The van der Waals surface area contributed by atoms with Crippen molar-refractivity contribution in [3.05, 3.63) is 24.3 Å². The summed E-state index contributed by atoms with van der Waals surface area (Å²) in [5, 5.41) is 2.60. The molecule has 0 saturated heterocycles. The first-order valence-corrected chi connectivity index (χ1v) is 6.83. The fourth-order valence-corrected chi connectivity index (χ4v) is 1.47. The van der Waals surface area contributed by atoms with Crippen molar-refractivity contribution >= 4 is 17.8 Å². The fraction of sp³-hybridized carbons (Fsp3) is 0.500. The molecule has 0 aromatic rings. The number of hydrogen-bond donors (Lipinski definition) is 3. The number of nitrogens with zero attached hydrogens (tertiary/aromatic N) is 1. The Hall–Kier alpha value is -2.31. The molecule has 0 saturated carbocycles. The van der Waals surface area contributed by atoms with E-state index in [1.54, 1.807) is 25.2 Å². The average Bonchev–Trinajstić information content (AvgIpc) is 2.42. The van der Waals surface area contributed by atoms with E-state index in [0.717, 1.165) is 0 Å². The molecule has 7 heteroatoms. The van der Waals surface area contributed by atoms with Gasteiger partial charge in [0, 0.05) is 12.6 Å². The van der Waals surface area contributed by atoms with Crippen LogP contribution in [0.1, 0.15) is 26.7 Å². The molecule has 1 atom stereocenters. The Bertz CT molecular complexity index is 412. The van der Waals surface area contributed by atoms with Crippen LogP contribution in [0.15, 0.2) is 29.3 Å². The highest BCUT2D eigenvalue weighted by molar-refractivity contribution is 5.91. The largest absolute Gasteiger partial charge is 0.464 e. The number of ether oxygens (including phenoxy) is 1. The van der Waals surface area contributed by atoms with E-state index < -0.39 is 12.0 Å². The highest BCUT2D eigenvalue weighted by Crippen LogP contribution is 2.01. The van der Waals surface area contributed by atoms with Gasteiger partial charge in [0.25, 0.3) is 0 Å². The molecule has 0 radical (unpaired) electrons. The first-order valence-electron chi connectivity index (χ1n) is 6.83. The van der Waals surface area contributed by atoms with Crippen molar-refractivity contribution in [1.29, 1.82) is 0 Å². The van der Waals surface area contributed by atoms with E-state index in [2.05, 4.69) is 10.3 Å². The van der Waals surface area contributed by atoms with Gasteiger partial charge in [0.05, 0.1) is 6.61 Å². The topological polar surface area (TPSA) is 120 Å². The molecule has 1 amide bonds. The van der Waals surface area contributed by atoms with Crippen LogP contribution < -0.4 is 16.8 Å². The maximum absolute atomic E-state index is 11.8. The maximum Gasteiger partial charge on any atom is 0.328 e. The van der Waals surface area contributed by atoms with Crippen LogP contribution in [0.3, 0.4) is 0 Å². The number of nitrogens with one attached hydrogen (secondary N) is 1. The van der Waals surface area contributed by atoms with Crippen LogP contribution in [0, 0.1) is 0 Å². The molecule has 0 spiro atoms. The molecule has 0 heterocycles. The summed E-state index contributed by atoms with van der Waals surface area (Å²) in [5.41, 5.74) is 10.4. The molecule has 7 nitrogen and oxygen atoms in total. The summed E-state index contributed by atoms with van der Waals surface area (Å²) in [5.74, 6) is -0.816. The van der Waals surface area contributed by atoms with Gasteiger partial charge in [-0.25, -0.2) is 4.79 Å². The first kappa shape index (κ1) is 18.7. The lowest BCUT2D eigenvalue weighted by Crippen LogP contribution is -2.41. The maximum atomic E-state index is 11.8. The molecule has 5 N–H and O–H groups in total. The average molecular weight is 296 g/mol. The van der Waals surface area contributed by atoms with Crippen molar-refractivity contribution in [1.82, 2.24) is 5.32 Å². The second-order valence-corrected chi connectivity index (χ2v) is 4.15. The van der Waals surface area contributed by atoms with E-state index in [0.29, 0.717) is 19.4 Å². The molecule has 0 unspecified atom stereocenters. The number of rotatable bonds is 9. The van der Waals surface area contributed by atoms with Gasteiger partial charge in [-0.2, -0.15) is 0 Å². The second kappa shape index (κ2) is 11.5. The number of amides is 1. The standard InChI is InChI=1S/C14H24N4O3/c1-3-5-6-9-12(19)18-11(13(20)21-4-2)8-7-10-17-14(15)16/h3,5-6,9,11H,4,7-8,10H2,1-2H3,(H,18,19)(H4,15,16,17)/b5-3+,9-6+/t11-/m1/s1. The van der Waals surface area contributed by atoms with Crippen molar-refractivity contribution in [2.75, 3.05) is 13.2 Å². The predicted molar refractivity (Wildman–Crippen MR) is 82.4 cm³/mol. The molecule has 21 heavy (non-hydrogen) atoms. The van der Waals surface area contributed by atoms with Gasteiger partial charge in [-0.3, -0.25) is 9.79 Å². The minimum Gasteiger partial charge on any atom is -0.464 e. The lowest BCUT2D eigenvalue weighted by atomic mass is 10.1. The van der Waals surface area contributed by atoms with Crippen LogP contribution in [0.25, 0.3) is 0 Å².